The van der Waals surface area contributed by atoms with Gasteiger partial charge in [0, 0.05) is 16.9 Å². The van der Waals surface area contributed by atoms with Crippen molar-refractivity contribution in [2.24, 2.45) is 0 Å². The molecule has 22 heavy (non-hydrogen) atoms. The first-order chi connectivity index (χ1) is 10.4. The maximum absolute atomic E-state index is 12.0. The Labute approximate surface area is 133 Å². The highest BCUT2D eigenvalue weighted by Gasteiger charge is 2.14. The van der Waals surface area contributed by atoms with Gasteiger partial charge in [0.2, 0.25) is 0 Å². The van der Waals surface area contributed by atoms with Gasteiger partial charge >= 0.3 is 6.03 Å². The van der Waals surface area contributed by atoms with Gasteiger partial charge in [-0.3, -0.25) is 0 Å². The fourth-order valence-corrected chi connectivity index (χ4v) is 2.24. The molecule has 0 aliphatic carbocycles. The topological polar surface area (TPSA) is 81.6 Å². The third-order valence-corrected chi connectivity index (χ3v) is 3.48. The zero-order valence-electron chi connectivity index (χ0n) is 12.2. The van der Waals surface area contributed by atoms with Crippen molar-refractivity contribution in [1.29, 1.82) is 0 Å². The number of phenols is 1. The number of benzene rings is 2. The van der Waals surface area contributed by atoms with Crippen LogP contribution in [-0.2, 0) is 0 Å². The Kier molecular flexibility index (Phi) is 4.90. The van der Waals surface area contributed by atoms with Crippen LogP contribution in [0.5, 0.6) is 5.75 Å². The number of carbonyl (C=O) groups is 1. The first kappa shape index (κ1) is 16.1. The lowest BCUT2D eigenvalue weighted by molar-refractivity contribution is 0.195. The number of hydrogen-bond acceptors (Lipinski definition) is 3. The van der Waals surface area contributed by atoms with Crippen LogP contribution in [-0.4, -0.2) is 16.2 Å². The number of aliphatic hydroxyl groups excluding tert-OH is 1. The number of para-hydroxylation sites is 1. The average molecular weight is 321 g/mol. The lowest BCUT2D eigenvalue weighted by Crippen LogP contribution is -2.20. The van der Waals surface area contributed by atoms with Crippen LogP contribution >= 0.6 is 11.6 Å². The summed E-state index contributed by atoms with van der Waals surface area (Å²) < 4.78 is 0. The second-order valence-corrected chi connectivity index (χ2v) is 5.37. The Morgan fingerprint density at radius 1 is 1.23 bits per heavy atom. The summed E-state index contributed by atoms with van der Waals surface area (Å²) in [6.07, 6.45) is -0.904. The molecule has 5 nitrogen and oxygen atoms in total. The minimum absolute atomic E-state index is 0.0598. The van der Waals surface area contributed by atoms with Crippen molar-refractivity contribution < 1.29 is 15.0 Å². The summed E-state index contributed by atoms with van der Waals surface area (Å²) in [5.74, 6) is -0.193. The molecule has 2 aromatic rings. The van der Waals surface area contributed by atoms with E-state index < -0.39 is 12.1 Å². The van der Waals surface area contributed by atoms with Crippen molar-refractivity contribution >= 4 is 29.0 Å². The second-order valence-electron chi connectivity index (χ2n) is 4.97. The molecule has 1 unspecified atom stereocenters. The largest absolute Gasteiger partial charge is 0.506 e. The van der Waals surface area contributed by atoms with Gasteiger partial charge in [0.1, 0.15) is 5.75 Å². The van der Waals surface area contributed by atoms with Gasteiger partial charge in [-0.1, -0.05) is 29.8 Å². The SMILES string of the molecule is Cc1ccccc1NC(=O)Nc1cc(Cl)c(O)c(C(C)O)c1. The first-order valence-electron chi connectivity index (χ1n) is 6.72. The van der Waals surface area contributed by atoms with E-state index in [-0.39, 0.29) is 16.3 Å². The molecule has 2 aromatic carbocycles. The molecule has 0 bridgehead atoms. The number of rotatable bonds is 3. The van der Waals surface area contributed by atoms with E-state index >= 15 is 0 Å². The van der Waals surface area contributed by atoms with Gasteiger partial charge in [0.25, 0.3) is 0 Å². The Morgan fingerprint density at radius 3 is 2.55 bits per heavy atom. The number of carbonyl (C=O) groups excluding carboxylic acids is 1. The van der Waals surface area contributed by atoms with E-state index in [1.807, 2.05) is 25.1 Å². The van der Waals surface area contributed by atoms with Gasteiger partial charge in [0.15, 0.2) is 0 Å². The Morgan fingerprint density at radius 2 is 1.91 bits per heavy atom. The van der Waals surface area contributed by atoms with Crippen molar-refractivity contribution in [3.05, 3.63) is 52.5 Å². The van der Waals surface area contributed by atoms with Crippen molar-refractivity contribution in [1.82, 2.24) is 0 Å². The molecule has 6 heteroatoms. The highest BCUT2D eigenvalue weighted by molar-refractivity contribution is 6.32. The zero-order valence-corrected chi connectivity index (χ0v) is 13.0. The molecule has 0 saturated heterocycles. The fourth-order valence-electron chi connectivity index (χ4n) is 2.01. The number of anilines is 2. The van der Waals surface area contributed by atoms with Crippen molar-refractivity contribution in [2.45, 2.75) is 20.0 Å². The molecular weight excluding hydrogens is 304 g/mol. The summed E-state index contributed by atoms with van der Waals surface area (Å²) in [6, 6.07) is 9.84. The fraction of sp³-hybridized carbons (Fsp3) is 0.188. The summed E-state index contributed by atoms with van der Waals surface area (Å²) in [5, 5.41) is 24.8. The maximum atomic E-state index is 12.0. The van der Waals surface area contributed by atoms with E-state index in [4.69, 9.17) is 11.6 Å². The van der Waals surface area contributed by atoms with Gasteiger partial charge in [-0.15, -0.1) is 0 Å². The lowest BCUT2D eigenvalue weighted by atomic mass is 10.1. The molecule has 116 valence electrons. The number of urea groups is 1. The summed E-state index contributed by atoms with van der Waals surface area (Å²) >= 11 is 5.90. The summed E-state index contributed by atoms with van der Waals surface area (Å²) in [4.78, 5) is 12.0. The van der Waals surface area contributed by atoms with E-state index in [1.54, 1.807) is 6.07 Å². The number of hydrogen-bond donors (Lipinski definition) is 4. The first-order valence-corrected chi connectivity index (χ1v) is 7.10. The summed E-state index contributed by atoms with van der Waals surface area (Å²) in [5.41, 5.74) is 2.26. The highest BCUT2D eigenvalue weighted by atomic mass is 35.5. The van der Waals surface area contributed by atoms with E-state index in [0.717, 1.165) is 5.56 Å². The molecule has 0 aliphatic heterocycles. The minimum atomic E-state index is -0.904. The zero-order chi connectivity index (χ0) is 16.3. The van der Waals surface area contributed by atoms with Crippen LogP contribution in [0.25, 0.3) is 0 Å². The number of aliphatic hydroxyl groups is 1. The van der Waals surface area contributed by atoms with Crippen LogP contribution in [0.15, 0.2) is 36.4 Å². The Balaban J connectivity index is 2.17. The van der Waals surface area contributed by atoms with E-state index in [9.17, 15) is 15.0 Å². The van der Waals surface area contributed by atoms with Gasteiger partial charge < -0.3 is 20.8 Å². The van der Waals surface area contributed by atoms with Gasteiger partial charge in [-0.25, -0.2) is 4.79 Å². The normalized spacial score (nSPS) is 11.8. The molecule has 1 atom stereocenters. The third-order valence-electron chi connectivity index (χ3n) is 3.19. The minimum Gasteiger partial charge on any atom is -0.506 e. The number of nitrogens with one attached hydrogen (secondary N) is 2. The number of aromatic hydroxyl groups is 1. The average Bonchev–Trinajstić information content (AvgIpc) is 2.44. The monoisotopic (exact) mass is 320 g/mol. The van der Waals surface area contributed by atoms with Crippen LogP contribution in [0.2, 0.25) is 5.02 Å². The van der Waals surface area contributed by atoms with Crippen molar-refractivity contribution in [3.63, 3.8) is 0 Å². The molecule has 0 radical (unpaired) electrons. The lowest BCUT2D eigenvalue weighted by Gasteiger charge is -2.14. The number of halogens is 1. The molecule has 2 rings (SSSR count). The van der Waals surface area contributed by atoms with Crippen molar-refractivity contribution in [3.8, 4) is 5.75 Å². The number of phenolic OH excluding ortho intramolecular Hbond substituents is 1. The van der Waals surface area contributed by atoms with Crippen LogP contribution < -0.4 is 10.6 Å². The Hall–Kier alpha value is -2.24. The molecule has 0 saturated carbocycles. The molecule has 4 N–H and O–H groups in total. The standard InChI is InChI=1S/C16H17ClN2O3/c1-9-5-3-4-6-14(9)19-16(22)18-11-7-12(10(2)20)15(21)13(17)8-11/h3-8,10,20-21H,1-2H3,(H2,18,19,22). The summed E-state index contributed by atoms with van der Waals surface area (Å²) in [6.45, 7) is 3.39. The van der Waals surface area contributed by atoms with E-state index in [1.165, 1.54) is 19.1 Å². The molecule has 0 spiro atoms. The predicted molar refractivity (Wildman–Crippen MR) is 87.6 cm³/mol. The quantitative estimate of drug-likeness (QED) is 0.644. The smallest absolute Gasteiger partial charge is 0.323 e. The van der Waals surface area contributed by atoms with Gasteiger partial charge in [-0.05, 0) is 37.6 Å². The molecule has 0 heterocycles. The third kappa shape index (κ3) is 3.69. The van der Waals surface area contributed by atoms with Crippen LogP contribution in [0.4, 0.5) is 16.2 Å². The number of aryl methyl sites for hydroxylation is 1. The molecule has 0 aromatic heterocycles. The van der Waals surface area contributed by atoms with Crippen LogP contribution in [0.1, 0.15) is 24.2 Å². The predicted octanol–water partition coefficient (Wildman–Crippen LogP) is 4.05. The molecule has 0 aliphatic rings. The van der Waals surface area contributed by atoms with Crippen LogP contribution in [0.3, 0.4) is 0 Å². The molecule has 0 fully saturated rings. The van der Waals surface area contributed by atoms with Crippen molar-refractivity contribution in [2.75, 3.05) is 10.6 Å². The molecule has 2 amide bonds. The maximum Gasteiger partial charge on any atom is 0.323 e. The van der Waals surface area contributed by atoms with Gasteiger partial charge in [0.05, 0.1) is 11.1 Å². The van der Waals surface area contributed by atoms with E-state index in [2.05, 4.69) is 10.6 Å². The second kappa shape index (κ2) is 6.68. The van der Waals surface area contributed by atoms with Gasteiger partial charge in [-0.2, -0.15) is 0 Å². The Bertz CT molecular complexity index is 702. The molecular formula is C16H17ClN2O3. The number of amides is 2. The van der Waals surface area contributed by atoms with Crippen LogP contribution in [0, 0.1) is 6.92 Å². The summed E-state index contributed by atoms with van der Waals surface area (Å²) in [7, 11) is 0. The highest BCUT2D eigenvalue weighted by Crippen LogP contribution is 2.34. The van der Waals surface area contributed by atoms with E-state index in [0.29, 0.717) is 11.4 Å².